The SMILES string of the molecule is Cc1ccc(CCC2CNCc3ccccc32)cc1. The number of fused-ring (bicyclic) bond motifs is 1. The van der Waals surface area contributed by atoms with Crippen molar-refractivity contribution in [3.05, 3.63) is 70.8 Å². The van der Waals surface area contributed by atoms with E-state index in [-0.39, 0.29) is 0 Å². The Morgan fingerprint density at radius 2 is 1.84 bits per heavy atom. The summed E-state index contributed by atoms with van der Waals surface area (Å²) in [6.45, 7) is 4.28. The van der Waals surface area contributed by atoms with Crippen molar-refractivity contribution >= 4 is 0 Å². The van der Waals surface area contributed by atoms with E-state index in [1.807, 2.05) is 0 Å². The van der Waals surface area contributed by atoms with Crippen molar-refractivity contribution in [1.82, 2.24) is 5.32 Å². The Hall–Kier alpha value is -1.60. The van der Waals surface area contributed by atoms with Crippen LogP contribution in [0.1, 0.15) is 34.6 Å². The molecule has 98 valence electrons. The summed E-state index contributed by atoms with van der Waals surface area (Å²) in [6.07, 6.45) is 2.40. The number of aryl methyl sites for hydroxylation is 2. The lowest BCUT2D eigenvalue weighted by Gasteiger charge is -2.26. The van der Waals surface area contributed by atoms with Crippen LogP contribution in [0.5, 0.6) is 0 Å². The monoisotopic (exact) mass is 251 g/mol. The summed E-state index contributed by atoms with van der Waals surface area (Å²) in [4.78, 5) is 0. The van der Waals surface area contributed by atoms with Crippen LogP contribution in [-0.2, 0) is 13.0 Å². The maximum Gasteiger partial charge on any atom is 0.0208 e. The highest BCUT2D eigenvalue weighted by Gasteiger charge is 2.18. The van der Waals surface area contributed by atoms with Crippen LogP contribution in [0.3, 0.4) is 0 Å². The molecule has 1 atom stereocenters. The van der Waals surface area contributed by atoms with E-state index in [1.54, 1.807) is 5.56 Å². The quantitative estimate of drug-likeness (QED) is 0.874. The third-order valence-electron chi connectivity index (χ3n) is 4.10. The molecule has 0 aromatic heterocycles. The van der Waals surface area contributed by atoms with Crippen LogP contribution >= 0.6 is 0 Å². The summed E-state index contributed by atoms with van der Waals surface area (Å²) >= 11 is 0. The summed E-state index contributed by atoms with van der Waals surface area (Å²) in [5, 5.41) is 3.54. The van der Waals surface area contributed by atoms with E-state index < -0.39 is 0 Å². The van der Waals surface area contributed by atoms with Crippen LogP contribution < -0.4 is 5.32 Å². The number of hydrogen-bond donors (Lipinski definition) is 1. The Bertz CT molecular complexity index is 542. The van der Waals surface area contributed by atoms with Gasteiger partial charge in [0.05, 0.1) is 0 Å². The highest BCUT2D eigenvalue weighted by molar-refractivity contribution is 5.33. The first-order chi connectivity index (χ1) is 9.33. The molecular weight excluding hydrogens is 230 g/mol. The number of nitrogens with one attached hydrogen (secondary N) is 1. The molecule has 1 unspecified atom stereocenters. The van der Waals surface area contributed by atoms with Crippen molar-refractivity contribution in [1.29, 1.82) is 0 Å². The largest absolute Gasteiger partial charge is 0.312 e. The van der Waals surface area contributed by atoms with Crippen LogP contribution in [0.4, 0.5) is 0 Å². The van der Waals surface area contributed by atoms with Gasteiger partial charge in [0.1, 0.15) is 0 Å². The molecule has 0 aliphatic carbocycles. The van der Waals surface area contributed by atoms with E-state index in [2.05, 4.69) is 60.8 Å². The number of rotatable bonds is 3. The second-order valence-corrected chi connectivity index (χ2v) is 5.55. The lowest BCUT2D eigenvalue weighted by Crippen LogP contribution is -2.28. The van der Waals surface area contributed by atoms with Crippen molar-refractivity contribution in [3.8, 4) is 0 Å². The Morgan fingerprint density at radius 3 is 2.68 bits per heavy atom. The molecule has 1 aliphatic rings. The average molecular weight is 251 g/mol. The van der Waals surface area contributed by atoms with Crippen molar-refractivity contribution in [2.75, 3.05) is 6.54 Å². The third-order valence-corrected chi connectivity index (χ3v) is 4.10. The van der Waals surface area contributed by atoms with Crippen LogP contribution in [0.2, 0.25) is 0 Å². The standard InChI is InChI=1S/C18H21N/c1-14-6-8-15(9-7-14)10-11-17-13-19-12-16-4-2-3-5-18(16)17/h2-9,17,19H,10-13H2,1H3. The van der Waals surface area contributed by atoms with Crippen LogP contribution in [-0.4, -0.2) is 6.54 Å². The molecule has 0 saturated heterocycles. The zero-order chi connectivity index (χ0) is 13.1. The van der Waals surface area contributed by atoms with Gasteiger partial charge >= 0.3 is 0 Å². The fraction of sp³-hybridized carbons (Fsp3) is 0.333. The summed E-state index contributed by atoms with van der Waals surface area (Å²) in [5.74, 6) is 0.659. The lowest BCUT2D eigenvalue weighted by atomic mass is 9.86. The zero-order valence-electron chi connectivity index (χ0n) is 11.5. The van der Waals surface area contributed by atoms with Gasteiger partial charge in [-0.15, -0.1) is 0 Å². The number of benzene rings is 2. The molecule has 0 bridgehead atoms. The normalized spacial score (nSPS) is 18.1. The van der Waals surface area contributed by atoms with E-state index in [0.717, 1.165) is 13.1 Å². The molecule has 0 spiro atoms. The van der Waals surface area contributed by atoms with Gasteiger partial charge in [0.25, 0.3) is 0 Å². The molecule has 2 aromatic rings. The highest BCUT2D eigenvalue weighted by Crippen LogP contribution is 2.27. The molecule has 3 rings (SSSR count). The first-order valence-electron chi connectivity index (χ1n) is 7.17. The van der Waals surface area contributed by atoms with Gasteiger partial charge in [0.2, 0.25) is 0 Å². The van der Waals surface area contributed by atoms with Crippen molar-refractivity contribution < 1.29 is 0 Å². The minimum atomic E-state index is 0.659. The Balaban J connectivity index is 1.69. The van der Waals surface area contributed by atoms with Gasteiger partial charge in [-0.2, -0.15) is 0 Å². The smallest absolute Gasteiger partial charge is 0.0208 e. The number of hydrogen-bond acceptors (Lipinski definition) is 1. The van der Waals surface area contributed by atoms with E-state index in [9.17, 15) is 0 Å². The molecule has 0 amide bonds. The van der Waals surface area contributed by atoms with Gasteiger partial charge in [-0.05, 0) is 42.4 Å². The lowest BCUT2D eigenvalue weighted by molar-refractivity contribution is 0.514. The van der Waals surface area contributed by atoms with Crippen LogP contribution in [0, 0.1) is 6.92 Å². The topological polar surface area (TPSA) is 12.0 Å². The summed E-state index contributed by atoms with van der Waals surface area (Å²) < 4.78 is 0. The van der Waals surface area contributed by atoms with E-state index in [0.29, 0.717) is 5.92 Å². The summed E-state index contributed by atoms with van der Waals surface area (Å²) in [6, 6.07) is 17.8. The van der Waals surface area contributed by atoms with E-state index in [4.69, 9.17) is 0 Å². The average Bonchev–Trinajstić information content (AvgIpc) is 2.47. The first-order valence-corrected chi connectivity index (χ1v) is 7.17. The van der Waals surface area contributed by atoms with Gasteiger partial charge in [-0.1, -0.05) is 54.1 Å². The predicted molar refractivity (Wildman–Crippen MR) is 80.4 cm³/mol. The van der Waals surface area contributed by atoms with Gasteiger partial charge in [0.15, 0.2) is 0 Å². The molecule has 0 saturated carbocycles. The van der Waals surface area contributed by atoms with Crippen molar-refractivity contribution in [3.63, 3.8) is 0 Å². The van der Waals surface area contributed by atoms with Crippen molar-refractivity contribution in [2.45, 2.75) is 32.2 Å². The van der Waals surface area contributed by atoms with Crippen molar-refractivity contribution in [2.24, 2.45) is 0 Å². The third kappa shape index (κ3) is 2.87. The maximum absolute atomic E-state index is 3.54. The van der Waals surface area contributed by atoms with Gasteiger partial charge in [-0.25, -0.2) is 0 Å². The van der Waals surface area contributed by atoms with Crippen LogP contribution in [0.15, 0.2) is 48.5 Å². The minimum absolute atomic E-state index is 0.659. The molecule has 1 nitrogen and oxygen atoms in total. The summed E-state index contributed by atoms with van der Waals surface area (Å²) in [7, 11) is 0. The molecule has 1 aliphatic heterocycles. The second kappa shape index (κ2) is 5.58. The Kier molecular flexibility index (Phi) is 3.65. The van der Waals surface area contributed by atoms with Gasteiger partial charge < -0.3 is 5.32 Å². The molecule has 19 heavy (non-hydrogen) atoms. The van der Waals surface area contributed by atoms with Gasteiger partial charge in [-0.3, -0.25) is 0 Å². The molecule has 1 heteroatoms. The van der Waals surface area contributed by atoms with E-state index in [1.165, 1.54) is 29.5 Å². The fourth-order valence-corrected chi connectivity index (χ4v) is 2.94. The molecule has 0 fully saturated rings. The van der Waals surface area contributed by atoms with E-state index >= 15 is 0 Å². The molecule has 1 N–H and O–H groups in total. The highest BCUT2D eigenvalue weighted by atomic mass is 14.9. The minimum Gasteiger partial charge on any atom is -0.312 e. The predicted octanol–water partition coefficient (Wildman–Crippen LogP) is 3.81. The zero-order valence-corrected chi connectivity index (χ0v) is 11.5. The van der Waals surface area contributed by atoms with Crippen LogP contribution in [0.25, 0.3) is 0 Å². The molecular formula is C18H21N. The molecule has 2 aromatic carbocycles. The maximum atomic E-state index is 3.54. The first kappa shape index (κ1) is 12.4. The fourth-order valence-electron chi connectivity index (χ4n) is 2.94. The Morgan fingerprint density at radius 1 is 1.05 bits per heavy atom. The second-order valence-electron chi connectivity index (χ2n) is 5.55. The summed E-state index contributed by atoms with van der Waals surface area (Å²) in [5.41, 5.74) is 5.82. The molecule has 0 radical (unpaired) electrons. The van der Waals surface area contributed by atoms with Gasteiger partial charge in [0, 0.05) is 13.1 Å². The molecule has 1 heterocycles. The Labute approximate surface area is 115 Å².